The van der Waals surface area contributed by atoms with Crippen molar-refractivity contribution < 1.29 is 9.59 Å². The van der Waals surface area contributed by atoms with Crippen LogP contribution in [0.1, 0.15) is 23.7 Å². The van der Waals surface area contributed by atoms with E-state index in [0.717, 1.165) is 0 Å². The minimum atomic E-state index is -0.608. The number of amides is 2. The van der Waals surface area contributed by atoms with Crippen LogP contribution in [-0.2, 0) is 0 Å². The molecule has 3 N–H and O–H groups in total. The van der Waals surface area contributed by atoms with Crippen LogP contribution in [0.4, 0.5) is 4.79 Å². The molecule has 0 aromatic heterocycles. The molecule has 15 heavy (non-hydrogen) atoms. The van der Waals surface area contributed by atoms with Gasteiger partial charge in [0.1, 0.15) is 0 Å². The van der Waals surface area contributed by atoms with Crippen LogP contribution in [0.3, 0.4) is 0 Å². The monoisotopic (exact) mass is 206 g/mol. The average Bonchev–Trinajstić information content (AvgIpc) is 2.17. The molecule has 0 aliphatic rings. The van der Waals surface area contributed by atoms with Crippen molar-refractivity contribution in [1.82, 2.24) is 5.32 Å². The number of urea groups is 1. The molecule has 1 rings (SSSR count). The summed E-state index contributed by atoms with van der Waals surface area (Å²) < 4.78 is 0. The van der Waals surface area contributed by atoms with Crippen molar-refractivity contribution in [1.29, 1.82) is 0 Å². The first-order chi connectivity index (χ1) is 7.09. The van der Waals surface area contributed by atoms with Gasteiger partial charge in [0.05, 0.1) is 0 Å². The summed E-state index contributed by atoms with van der Waals surface area (Å²) in [5.41, 5.74) is 5.60. The molecule has 4 heteroatoms. The van der Waals surface area contributed by atoms with Crippen molar-refractivity contribution >= 4 is 11.8 Å². The lowest BCUT2D eigenvalue weighted by Gasteiger charge is -2.10. The Bertz CT molecular complexity index is 349. The van der Waals surface area contributed by atoms with Crippen LogP contribution in [-0.4, -0.2) is 17.9 Å². The van der Waals surface area contributed by atoms with Crippen LogP contribution in [0.2, 0.25) is 0 Å². The maximum atomic E-state index is 11.6. The van der Waals surface area contributed by atoms with Crippen molar-refractivity contribution in [3.05, 3.63) is 35.9 Å². The lowest BCUT2D eigenvalue weighted by Crippen LogP contribution is -2.37. The number of primary amides is 1. The number of benzene rings is 1. The van der Waals surface area contributed by atoms with Crippen molar-refractivity contribution in [2.75, 3.05) is 0 Å². The maximum absolute atomic E-state index is 11.6. The Balaban J connectivity index is 2.53. The zero-order chi connectivity index (χ0) is 11.3. The number of ketones is 1. The summed E-state index contributed by atoms with van der Waals surface area (Å²) in [4.78, 5) is 22.2. The fourth-order valence-electron chi connectivity index (χ4n) is 1.31. The molecule has 1 aromatic carbocycles. The number of rotatable bonds is 4. The van der Waals surface area contributed by atoms with Gasteiger partial charge in [-0.15, -0.1) is 0 Å². The fraction of sp³-hybridized carbons (Fsp3) is 0.273. The summed E-state index contributed by atoms with van der Waals surface area (Å²) in [6.45, 7) is 1.74. The quantitative estimate of drug-likeness (QED) is 0.729. The van der Waals surface area contributed by atoms with E-state index in [9.17, 15) is 9.59 Å². The molecule has 0 bridgehead atoms. The Morgan fingerprint density at radius 2 is 1.93 bits per heavy atom. The van der Waals surface area contributed by atoms with E-state index in [1.165, 1.54) is 0 Å². The normalized spacial score (nSPS) is 11.8. The minimum Gasteiger partial charge on any atom is -0.352 e. The summed E-state index contributed by atoms with van der Waals surface area (Å²) in [6.07, 6.45) is 0.257. The van der Waals surface area contributed by atoms with Crippen LogP contribution in [0.25, 0.3) is 0 Å². The molecule has 0 heterocycles. The van der Waals surface area contributed by atoms with E-state index in [1.807, 2.05) is 6.07 Å². The van der Waals surface area contributed by atoms with Gasteiger partial charge in [-0.2, -0.15) is 0 Å². The highest BCUT2D eigenvalue weighted by Gasteiger charge is 2.11. The summed E-state index contributed by atoms with van der Waals surface area (Å²) >= 11 is 0. The second-order valence-corrected chi connectivity index (χ2v) is 3.40. The molecule has 0 fully saturated rings. The molecule has 4 nitrogen and oxygen atoms in total. The third kappa shape index (κ3) is 3.81. The zero-order valence-corrected chi connectivity index (χ0v) is 8.57. The molecule has 1 unspecified atom stereocenters. The summed E-state index contributed by atoms with van der Waals surface area (Å²) in [6, 6.07) is 8.11. The van der Waals surface area contributed by atoms with E-state index in [1.54, 1.807) is 31.2 Å². The minimum absolute atomic E-state index is 0.00292. The van der Waals surface area contributed by atoms with Crippen molar-refractivity contribution in [2.45, 2.75) is 19.4 Å². The van der Waals surface area contributed by atoms with Gasteiger partial charge in [-0.3, -0.25) is 4.79 Å². The molecule has 0 spiro atoms. The first-order valence-corrected chi connectivity index (χ1v) is 4.74. The number of nitrogens with two attached hydrogens (primary N) is 1. The van der Waals surface area contributed by atoms with Gasteiger partial charge >= 0.3 is 6.03 Å². The molecular weight excluding hydrogens is 192 g/mol. The number of carbonyl (C=O) groups excluding carboxylic acids is 2. The molecule has 0 aliphatic carbocycles. The van der Waals surface area contributed by atoms with Crippen LogP contribution in [0, 0.1) is 0 Å². The van der Waals surface area contributed by atoms with Crippen molar-refractivity contribution in [3.8, 4) is 0 Å². The first kappa shape index (κ1) is 11.2. The molecule has 0 aliphatic heterocycles. The highest BCUT2D eigenvalue weighted by Crippen LogP contribution is 2.04. The fourth-order valence-corrected chi connectivity index (χ4v) is 1.31. The largest absolute Gasteiger partial charge is 0.352 e. The van der Waals surface area contributed by atoms with Gasteiger partial charge in [-0.25, -0.2) is 4.79 Å². The Kier molecular flexibility index (Phi) is 3.85. The smallest absolute Gasteiger partial charge is 0.312 e. The molecule has 0 saturated carbocycles. The predicted molar refractivity (Wildman–Crippen MR) is 57.6 cm³/mol. The molecule has 1 atom stereocenters. The van der Waals surface area contributed by atoms with Gasteiger partial charge in [0.2, 0.25) is 0 Å². The molecular formula is C11H14N2O2. The van der Waals surface area contributed by atoms with Crippen molar-refractivity contribution in [3.63, 3.8) is 0 Å². The Morgan fingerprint density at radius 3 is 2.47 bits per heavy atom. The van der Waals surface area contributed by atoms with Gasteiger partial charge in [-0.1, -0.05) is 30.3 Å². The molecule has 0 saturated heterocycles. The van der Waals surface area contributed by atoms with E-state index in [0.29, 0.717) is 5.56 Å². The third-order valence-electron chi connectivity index (χ3n) is 1.98. The second-order valence-electron chi connectivity index (χ2n) is 3.40. The standard InChI is InChI=1S/C11H14N2O2/c1-8(13-11(12)15)7-10(14)9-5-3-2-4-6-9/h2-6,8H,7H2,1H3,(H3,12,13,15). The van der Waals surface area contributed by atoms with Crippen LogP contribution in [0.15, 0.2) is 30.3 Å². The van der Waals surface area contributed by atoms with Gasteiger partial charge in [0.25, 0.3) is 0 Å². The number of hydrogen-bond donors (Lipinski definition) is 2. The highest BCUT2D eigenvalue weighted by atomic mass is 16.2. The number of carbonyl (C=O) groups is 2. The number of Topliss-reactive ketones (excluding diaryl/α,β-unsaturated/α-hetero) is 1. The number of hydrogen-bond acceptors (Lipinski definition) is 2. The van der Waals surface area contributed by atoms with Gasteiger partial charge in [-0.05, 0) is 6.92 Å². The maximum Gasteiger partial charge on any atom is 0.312 e. The average molecular weight is 206 g/mol. The third-order valence-corrected chi connectivity index (χ3v) is 1.98. The lowest BCUT2D eigenvalue weighted by atomic mass is 10.1. The van der Waals surface area contributed by atoms with E-state index >= 15 is 0 Å². The number of nitrogens with one attached hydrogen (secondary N) is 1. The predicted octanol–water partition coefficient (Wildman–Crippen LogP) is 1.32. The van der Waals surface area contributed by atoms with Crippen molar-refractivity contribution in [2.24, 2.45) is 5.73 Å². The second kappa shape index (κ2) is 5.14. The van der Waals surface area contributed by atoms with E-state index in [-0.39, 0.29) is 18.2 Å². The van der Waals surface area contributed by atoms with Gasteiger partial charge in [0.15, 0.2) is 5.78 Å². The van der Waals surface area contributed by atoms with E-state index in [4.69, 9.17) is 5.73 Å². The highest BCUT2D eigenvalue weighted by molar-refractivity contribution is 5.96. The SMILES string of the molecule is CC(CC(=O)c1ccccc1)NC(N)=O. The molecule has 80 valence electrons. The topological polar surface area (TPSA) is 72.2 Å². The van der Waals surface area contributed by atoms with Gasteiger partial charge < -0.3 is 11.1 Å². The molecule has 2 amide bonds. The van der Waals surface area contributed by atoms with Crippen LogP contribution in [0.5, 0.6) is 0 Å². The Morgan fingerprint density at radius 1 is 1.33 bits per heavy atom. The van der Waals surface area contributed by atoms with Crippen LogP contribution < -0.4 is 11.1 Å². The zero-order valence-electron chi connectivity index (χ0n) is 8.57. The lowest BCUT2D eigenvalue weighted by molar-refractivity contribution is 0.0973. The summed E-state index contributed by atoms with van der Waals surface area (Å²) in [5, 5.41) is 2.46. The Hall–Kier alpha value is -1.84. The van der Waals surface area contributed by atoms with E-state index in [2.05, 4.69) is 5.32 Å². The Labute approximate surface area is 88.5 Å². The van der Waals surface area contributed by atoms with Gasteiger partial charge in [0, 0.05) is 18.0 Å². The molecule has 1 aromatic rings. The first-order valence-electron chi connectivity index (χ1n) is 4.74. The molecule has 0 radical (unpaired) electrons. The summed E-state index contributed by atoms with van der Waals surface area (Å²) in [5.74, 6) is -0.00292. The summed E-state index contributed by atoms with van der Waals surface area (Å²) in [7, 11) is 0. The van der Waals surface area contributed by atoms with Crippen LogP contribution >= 0.6 is 0 Å². The van der Waals surface area contributed by atoms with E-state index < -0.39 is 6.03 Å².